The summed E-state index contributed by atoms with van der Waals surface area (Å²) in [5, 5.41) is 21.2. The zero-order valence-electron chi connectivity index (χ0n) is 16.6. The molecule has 2 aliphatic rings. The molecule has 1 N–H and O–H groups in total. The summed E-state index contributed by atoms with van der Waals surface area (Å²) in [4.78, 5) is 15.5. The number of rotatable bonds is 1. The van der Waals surface area contributed by atoms with E-state index in [0.29, 0.717) is 29.7 Å². The second-order valence-corrected chi connectivity index (χ2v) is 7.63. The molecule has 158 valence electrons. The molecule has 1 fully saturated rings. The lowest BCUT2D eigenvalue weighted by Gasteiger charge is -2.41. The van der Waals surface area contributed by atoms with Crippen LogP contribution in [0.3, 0.4) is 0 Å². The Kier molecular flexibility index (Phi) is 4.98. The van der Waals surface area contributed by atoms with Gasteiger partial charge in [0.2, 0.25) is 0 Å². The number of piperidine rings is 1. The maximum Gasteiger partial charge on any atom is 0.471 e. The van der Waals surface area contributed by atoms with Crippen molar-refractivity contribution in [1.29, 1.82) is 10.5 Å². The highest BCUT2D eigenvalue weighted by molar-refractivity contribution is 5.84. The van der Waals surface area contributed by atoms with E-state index in [-0.39, 0.29) is 6.42 Å². The van der Waals surface area contributed by atoms with Crippen LogP contribution in [0.15, 0.2) is 36.4 Å². The summed E-state index contributed by atoms with van der Waals surface area (Å²) in [5.74, 6) is -1.95. The molecule has 0 unspecified atom stereocenters. The quantitative estimate of drug-likeness (QED) is 0.749. The Hall–Kier alpha value is -3.72. The first-order valence-electron chi connectivity index (χ1n) is 9.69. The van der Waals surface area contributed by atoms with Crippen LogP contribution in [0.25, 0.3) is 0 Å². The molecule has 4 rings (SSSR count). The molecule has 0 radical (unpaired) electrons. The topological polar surface area (TPSA) is 83.2 Å². The number of alkyl halides is 3. The van der Waals surface area contributed by atoms with E-state index in [1.54, 1.807) is 24.3 Å². The minimum Gasteiger partial charge on any atom is -0.363 e. The lowest BCUT2D eigenvalue weighted by Crippen LogP contribution is -2.49. The SMILES string of the molecule is CN1c2cc(C#N)ccc2N2CC[C@H](NC(=O)C(F)(F)F)C[C@H]2c2c(C#N)cccc21. The highest BCUT2D eigenvalue weighted by atomic mass is 19.4. The van der Waals surface area contributed by atoms with E-state index < -0.39 is 24.2 Å². The van der Waals surface area contributed by atoms with Crippen LogP contribution >= 0.6 is 0 Å². The van der Waals surface area contributed by atoms with Crippen molar-refractivity contribution in [3.63, 3.8) is 0 Å². The van der Waals surface area contributed by atoms with Crippen molar-refractivity contribution >= 4 is 23.0 Å². The van der Waals surface area contributed by atoms with Gasteiger partial charge in [0.1, 0.15) is 0 Å². The Morgan fingerprint density at radius 3 is 2.58 bits per heavy atom. The molecule has 0 bridgehead atoms. The molecular weight excluding hydrogens is 407 g/mol. The molecule has 31 heavy (non-hydrogen) atoms. The Labute approximate surface area is 177 Å². The fourth-order valence-corrected chi connectivity index (χ4v) is 4.45. The summed E-state index contributed by atoms with van der Waals surface area (Å²) in [7, 11) is 1.83. The van der Waals surface area contributed by atoms with Gasteiger partial charge in [0.15, 0.2) is 0 Å². The van der Waals surface area contributed by atoms with E-state index in [4.69, 9.17) is 0 Å². The van der Waals surface area contributed by atoms with Crippen molar-refractivity contribution in [2.75, 3.05) is 23.4 Å². The number of anilines is 3. The molecule has 2 aromatic carbocycles. The molecule has 0 spiro atoms. The molecule has 2 atom stereocenters. The maximum atomic E-state index is 12.8. The standard InChI is InChI=1S/C22H18F3N5O/c1-29-17-4-2-3-14(12-27)20(17)19-10-15(28-21(31)22(23,24)25)7-8-30(19)16-6-5-13(11-26)9-18(16)29/h2-6,9,15,19H,7-8,10H2,1H3,(H,28,31)/t15-,19-/m0/s1. The van der Waals surface area contributed by atoms with Crippen LogP contribution in [0, 0.1) is 22.7 Å². The summed E-state index contributed by atoms with van der Waals surface area (Å²) >= 11 is 0. The molecule has 0 aliphatic carbocycles. The molecule has 9 heteroatoms. The third kappa shape index (κ3) is 3.53. The molecule has 1 amide bonds. The van der Waals surface area contributed by atoms with Gasteiger partial charge in [-0.1, -0.05) is 6.07 Å². The second-order valence-electron chi connectivity index (χ2n) is 7.63. The third-order valence-corrected chi connectivity index (χ3v) is 5.87. The van der Waals surface area contributed by atoms with Crippen LogP contribution in [0.4, 0.5) is 30.2 Å². The number of hydrogen-bond donors (Lipinski definition) is 1. The van der Waals surface area contributed by atoms with Crippen molar-refractivity contribution in [3.8, 4) is 12.1 Å². The lowest BCUT2D eigenvalue weighted by atomic mass is 9.88. The fourth-order valence-electron chi connectivity index (χ4n) is 4.45. The molecule has 2 heterocycles. The number of nitrogens with zero attached hydrogens (tertiary/aromatic N) is 4. The van der Waals surface area contributed by atoms with E-state index in [1.807, 2.05) is 24.1 Å². The molecule has 2 aromatic rings. The number of hydrogen-bond acceptors (Lipinski definition) is 5. The predicted molar refractivity (Wildman–Crippen MR) is 108 cm³/mol. The summed E-state index contributed by atoms with van der Waals surface area (Å²) < 4.78 is 38.3. The van der Waals surface area contributed by atoms with Crippen LogP contribution in [0.5, 0.6) is 0 Å². The van der Waals surface area contributed by atoms with Crippen molar-refractivity contribution in [1.82, 2.24) is 5.32 Å². The van der Waals surface area contributed by atoms with Crippen LogP contribution in [-0.4, -0.2) is 31.7 Å². The largest absolute Gasteiger partial charge is 0.471 e. The number of fused-ring (bicyclic) bond motifs is 5. The molecular formula is C22H18F3N5O. The third-order valence-electron chi connectivity index (χ3n) is 5.87. The maximum absolute atomic E-state index is 12.8. The van der Waals surface area contributed by atoms with Gasteiger partial charge in [-0.05, 0) is 43.2 Å². The summed E-state index contributed by atoms with van der Waals surface area (Å²) in [5.41, 5.74) is 3.95. The normalized spacial score (nSPS) is 19.8. The predicted octanol–water partition coefficient (Wildman–Crippen LogP) is 3.90. The van der Waals surface area contributed by atoms with Gasteiger partial charge >= 0.3 is 12.1 Å². The minimum atomic E-state index is -4.95. The van der Waals surface area contributed by atoms with E-state index in [2.05, 4.69) is 22.4 Å². The monoisotopic (exact) mass is 425 g/mol. The van der Waals surface area contributed by atoms with E-state index in [1.165, 1.54) is 0 Å². The van der Waals surface area contributed by atoms with Crippen LogP contribution in [0.1, 0.15) is 35.6 Å². The molecule has 0 saturated carbocycles. The zero-order valence-corrected chi connectivity index (χ0v) is 16.6. The Bertz CT molecular complexity index is 1130. The van der Waals surface area contributed by atoms with Gasteiger partial charge in [-0.15, -0.1) is 0 Å². The Morgan fingerprint density at radius 1 is 1.13 bits per heavy atom. The zero-order chi connectivity index (χ0) is 22.3. The minimum absolute atomic E-state index is 0.223. The molecule has 2 aliphatic heterocycles. The number of nitriles is 2. The summed E-state index contributed by atoms with van der Waals surface area (Å²) in [6.45, 7) is 0.388. The summed E-state index contributed by atoms with van der Waals surface area (Å²) in [6, 6.07) is 13.8. The van der Waals surface area contributed by atoms with Gasteiger partial charge in [0.25, 0.3) is 0 Å². The Balaban J connectivity index is 1.83. The molecule has 1 saturated heterocycles. The lowest BCUT2D eigenvalue weighted by molar-refractivity contribution is -0.174. The first-order valence-corrected chi connectivity index (χ1v) is 9.69. The first-order chi connectivity index (χ1) is 14.7. The van der Waals surface area contributed by atoms with Gasteiger partial charge in [-0.3, -0.25) is 4.79 Å². The van der Waals surface area contributed by atoms with Crippen molar-refractivity contribution in [3.05, 3.63) is 53.1 Å². The van der Waals surface area contributed by atoms with Gasteiger partial charge < -0.3 is 15.1 Å². The van der Waals surface area contributed by atoms with Gasteiger partial charge in [-0.2, -0.15) is 23.7 Å². The smallest absolute Gasteiger partial charge is 0.363 e. The van der Waals surface area contributed by atoms with E-state index >= 15 is 0 Å². The highest BCUT2D eigenvalue weighted by Gasteiger charge is 2.42. The van der Waals surface area contributed by atoms with Crippen LogP contribution < -0.4 is 15.1 Å². The van der Waals surface area contributed by atoms with Gasteiger partial charge in [-0.25, -0.2) is 0 Å². The number of nitrogens with one attached hydrogen (secondary N) is 1. The molecule has 0 aromatic heterocycles. The number of halogens is 3. The highest BCUT2D eigenvalue weighted by Crippen LogP contribution is 2.49. The van der Waals surface area contributed by atoms with Crippen LogP contribution in [-0.2, 0) is 4.79 Å². The van der Waals surface area contributed by atoms with Crippen molar-refractivity contribution in [2.45, 2.75) is 31.1 Å². The number of carbonyl (C=O) groups is 1. The number of benzene rings is 2. The van der Waals surface area contributed by atoms with Gasteiger partial charge in [0.05, 0.1) is 40.7 Å². The average molecular weight is 425 g/mol. The fraction of sp³-hybridized carbons (Fsp3) is 0.318. The van der Waals surface area contributed by atoms with Crippen molar-refractivity contribution < 1.29 is 18.0 Å². The van der Waals surface area contributed by atoms with Gasteiger partial charge in [0, 0.05) is 30.9 Å². The number of carbonyl (C=O) groups excluding carboxylic acids is 1. The van der Waals surface area contributed by atoms with Crippen LogP contribution in [0.2, 0.25) is 0 Å². The average Bonchev–Trinajstić information content (AvgIpc) is 2.86. The summed E-state index contributed by atoms with van der Waals surface area (Å²) in [6.07, 6.45) is -4.40. The van der Waals surface area contributed by atoms with E-state index in [9.17, 15) is 28.5 Å². The Morgan fingerprint density at radius 2 is 1.90 bits per heavy atom. The van der Waals surface area contributed by atoms with Crippen molar-refractivity contribution in [2.24, 2.45) is 0 Å². The van der Waals surface area contributed by atoms with E-state index in [0.717, 1.165) is 17.1 Å². The second kappa shape index (κ2) is 7.51. The molecule has 6 nitrogen and oxygen atoms in total. The number of amides is 1. The first kappa shape index (κ1) is 20.5.